The summed E-state index contributed by atoms with van der Waals surface area (Å²) in [6, 6.07) is 8.92. The van der Waals surface area contributed by atoms with Crippen molar-refractivity contribution in [1.82, 2.24) is 25.4 Å². The van der Waals surface area contributed by atoms with Crippen LogP contribution in [0.1, 0.15) is 75.0 Å². The van der Waals surface area contributed by atoms with E-state index in [1.165, 1.54) is 12.8 Å². The number of amides is 2. The largest absolute Gasteiger partial charge is 0.445 e. The zero-order chi connectivity index (χ0) is 22.5. The first-order chi connectivity index (χ1) is 15.5. The minimum absolute atomic E-state index is 0.0138. The van der Waals surface area contributed by atoms with E-state index in [-0.39, 0.29) is 18.4 Å². The third kappa shape index (κ3) is 5.47. The van der Waals surface area contributed by atoms with Crippen LogP contribution in [0.15, 0.2) is 30.3 Å². The molecule has 2 fully saturated rings. The molecule has 1 aromatic carbocycles. The second kappa shape index (κ2) is 10.1. The first-order valence-corrected chi connectivity index (χ1v) is 11.7. The molecule has 2 aromatic rings. The number of hydrogen-bond donors (Lipinski definition) is 2. The monoisotopic (exact) mass is 439 g/mol. The number of piperidine rings is 1. The van der Waals surface area contributed by atoms with E-state index < -0.39 is 12.1 Å². The quantitative estimate of drug-likeness (QED) is 0.653. The number of hydrogen-bond acceptors (Lipinski definition) is 5. The molecule has 8 heteroatoms. The number of H-pyrrole nitrogens is 1. The van der Waals surface area contributed by atoms with Crippen molar-refractivity contribution in [1.29, 1.82) is 0 Å². The highest BCUT2D eigenvalue weighted by Gasteiger charge is 2.34. The molecule has 0 spiro atoms. The molecule has 32 heavy (non-hydrogen) atoms. The fourth-order valence-electron chi connectivity index (χ4n) is 4.14. The minimum Gasteiger partial charge on any atom is -0.445 e. The van der Waals surface area contributed by atoms with Gasteiger partial charge in [-0.05, 0) is 37.2 Å². The van der Waals surface area contributed by atoms with Gasteiger partial charge in [-0.15, -0.1) is 0 Å². The van der Waals surface area contributed by atoms with E-state index in [9.17, 15) is 9.59 Å². The second-order valence-electron chi connectivity index (χ2n) is 9.02. The maximum atomic E-state index is 13.3. The van der Waals surface area contributed by atoms with Crippen LogP contribution in [0.2, 0.25) is 0 Å². The molecule has 0 radical (unpaired) electrons. The lowest BCUT2D eigenvalue weighted by molar-refractivity contribution is -0.135. The number of ether oxygens (including phenoxy) is 1. The average molecular weight is 440 g/mol. The number of aromatic nitrogens is 3. The maximum absolute atomic E-state index is 13.3. The Labute approximate surface area is 189 Å². The van der Waals surface area contributed by atoms with Crippen LogP contribution in [-0.4, -0.2) is 51.2 Å². The summed E-state index contributed by atoms with van der Waals surface area (Å²) in [7, 11) is 0. The second-order valence-corrected chi connectivity index (χ2v) is 9.02. The standard InChI is InChI=1S/C24H33N5O3/c1-3-16(2)20(25-24(31)32-15-17-7-5-4-6-8-17)23(30)29-13-11-19(12-14-29)22-26-21(27-28-22)18-9-10-18/h4-8,16,18-20H,3,9-15H2,1-2H3,(H,25,31)(H,26,27,28)/t16-,20-/m0/s1. The lowest BCUT2D eigenvalue weighted by Gasteiger charge is -2.35. The molecule has 2 amide bonds. The molecule has 2 aliphatic rings. The molecule has 1 aromatic heterocycles. The summed E-state index contributed by atoms with van der Waals surface area (Å²) in [6.45, 7) is 5.49. The molecule has 8 nitrogen and oxygen atoms in total. The first-order valence-electron chi connectivity index (χ1n) is 11.7. The lowest BCUT2D eigenvalue weighted by Crippen LogP contribution is -2.53. The van der Waals surface area contributed by atoms with Crippen molar-refractivity contribution in [2.75, 3.05) is 13.1 Å². The number of alkyl carbamates (subject to hydrolysis) is 1. The summed E-state index contributed by atoms with van der Waals surface area (Å²) < 4.78 is 5.35. The molecule has 0 unspecified atom stereocenters. The zero-order valence-electron chi connectivity index (χ0n) is 18.9. The highest BCUT2D eigenvalue weighted by molar-refractivity contribution is 5.86. The fourth-order valence-corrected chi connectivity index (χ4v) is 4.14. The van der Waals surface area contributed by atoms with Crippen LogP contribution in [0.3, 0.4) is 0 Å². The Morgan fingerprint density at radius 1 is 1.16 bits per heavy atom. The van der Waals surface area contributed by atoms with Gasteiger partial charge in [-0.2, -0.15) is 5.10 Å². The van der Waals surface area contributed by atoms with Gasteiger partial charge >= 0.3 is 6.09 Å². The van der Waals surface area contributed by atoms with Gasteiger partial charge in [-0.1, -0.05) is 50.6 Å². The van der Waals surface area contributed by atoms with Crippen molar-refractivity contribution < 1.29 is 14.3 Å². The van der Waals surface area contributed by atoms with Crippen LogP contribution in [0, 0.1) is 5.92 Å². The van der Waals surface area contributed by atoms with Gasteiger partial charge in [0.2, 0.25) is 5.91 Å². The Bertz CT molecular complexity index is 903. The summed E-state index contributed by atoms with van der Waals surface area (Å²) >= 11 is 0. The van der Waals surface area contributed by atoms with Crippen molar-refractivity contribution in [2.24, 2.45) is 5.92 Å². The number of benzene rings is 1. The molecule has 1 aliphatic heterocycles. The summed E-state index contributed by atoms with van der Waals surface area (Å²) in [5.74, 6) is 2.69. The topological polar surface area (TPSA) is 100 Å². The van der Waals surface area contributed by atoms with Gasteiger partial charge in [0, 0.05) is 24.9 Å². The lowest BCUT2D eigenvalue weighted by atomic mass is 9.93. The van der Waals surface area contributed by atoms with E-state index in [0.717, 1.165) is 36.5 Å². The van der Waals surface area contributed by atoms with E-state index in [2.05, 4.69) is 20.5 Å². The number of carbonyl (C=O) groups is 2. The van der Waals surface area contributed by atoms with Crippen molar-refractivity contribution in [2.45, 2.75) is 70.4 Å². The highest BCUT2D eigenvalue weighted by Crippen LogP contribution is 2.38. The zero-order valence-corrected chi connectivity index (χ0v) is 18.9. The van der Waals surface area contributed by atoms with E-state index in [1.54, 1.807) is 0 Å². The normalized spacial score (nSPS) is 18.8. The average Bonchev–Trinajstić information content (AvgIpc) is 3.57. The van der Waals surface area contributed by atoms with Crippen molar-refractivity contribution >= 4 is 12.0 Å². The predicted molar refractivity (Wildman–Crippen MR) is 120 cm³/mol. The van der Waals surface area contributed by atoms with Crippen LogP contribution in [-0.2, 0) is 16.1 Å². The van der Waals surface area contributed by atoms with Gasteiger partial charge in [0.25, 0.3) is 0 Å². The number of nitrogens with one attached hydrogen (secondary N) is 2. The number of nitrogens with zero attached hydrogens (tertiary/aromatic N) is 3. The van der Waals surface area contributed by atoms with Crippen LogP contribution < -0.4 is 5.32 Å². The minimum atomic E-state index is -0.591. The van der Waals surface area contributed by atoms with Crippen LogP contribution >= 0.6 is 0 Å². The SMILES string of the molecule is CC[C@H](C)[C@H](NC(=O)OCc1ccccc1)C(=O)N1CCC(c2nc(C3CC3)n[nH]2)CC1. The van der Waals surface area contributed by atoms with E-state index in [1.807, 2.05) is 49.1 Å². The maximum Gasteiger partial charge on any atom is 0.408 e. The molecule has 172 valence electrons. The van der Waals surface area contributed by atoms with Gasteiger partial charge in [-0.3, -0.25) is 9.89 Å². The Hall–Kier alpha value is -2.90. The van der Waals surface area contributed by atoms with E-state index in [0.29, 0.717) is 24.9 Å². The summed E-state index contributed by atoms with van der Waals surface area (Å²) in [4.78, 5) is 32.2. The van der Waals surface area contributed by atoms with Gasteiger partial charge in [0.15, 0.2) is 5.82 Å². The highest BCUT2D eigenvalue weighted by atomic mass is 16.5. The smallest absolute Gasteiger partial charge is 0.408 e. The third-order valence-electron chi connectivity index (χ3n) is 6.62. The molecule has 4 rings (SSSR count). The third-order valence-corrected chi connectivity index (χ3v) is 6.62. The van der Waals surface area contributed by atoms with Crippen molar-refractivity contribution in [3.63, 3.8) is 0 Å². The van der Waals surface area contributed by atoms with Gasteiger partial charge in [-0.25, -0.2) is 9.78 Å². The molecule has 1 aliphatic carbocycles. The summed E-state index contributed by atoms with van der Waals surface area (Å²) in [5, 5.41) is 10.3. The Morgan fingerprint density at radius 3 is 2.53 bits per heavy atom. The van der Waals surface area contributed by atoms with Gasteiger partial charge in [0.05, 0.1) is 0 Å². The molecule has 1 saturated carbocycles. The van der Waals surface area contributed by atoms with Crippen LogP contribution in [0.5, 0.6) is 0 Å². The molecular weight excluding hydrogens is 406 g/mol. The molecule has 1 saturated heterocycles. The van der Waals surface area contributed by atoms with Crippen molar-refractivity contribution in [3.8, 4) is 0 Å². The number of aromatic amines is 1. The number of rotatable bonds is 8. The molecule has 2 heterocycles. The number of likely N-dealkylation sites (tertiary alicyclic amines) is 1. The fraction of sp³-hybridized carbons (Fsp3) is 0.583. The van der Waals surface area contributed by atoms with E-state index in [4.69, 9.17) is 4.74 Å². The Morgan fingerprint density at radius 2 is 1.88 bits per heavy atom. The van der Waals surface area contributed by atoms with Crippen LogP contribution in [0.4, 0.5) is 4.79 Å². The number of carbonyl (C=O) groups excluding carboxylic acids is 2. The van der Waals surface area contributed by atoms with Gasteiger partial charge in [0.1, 0.15) is 18.5 Å². The first kappa shape index (κ1) is 22.3. The molecular formula is C24H33N5O3. The summed E-state index contributed by atoms with van der Waals surface area (Å²) in [5.41, 5.74) is 0.911. The Kier molecular flexibility index (Phi) is 7.07. The molecule has 2 N–H and O–H groups in total. The molecule has 0 bridgehead atoms. The van der Waals surface area contributed by atoms with Gasteiger partial charge < -0.3 is 15.0 Å². The molecule has 2 atom stereocenters. The van der Waals surface area contributed by atoms with Crippen molar-refractivity contribution in [3.05, 3.63) is 47.5 Å². The van der Waals surface area contributed by atoms with Crippen LogP contribution in [0.25, 0.3) is 0 Å². The summed E-state index contributed by atoms with van der Waals surface area (Å²) in [6.07, 6.45) is 4.28. The Balaban J connectivity index is 1.30. The predicted octanol–water partition coefficient (Wildman–Crippen LogP) is 3.73. The van der Waals surface area contributed by atoms with E-state index >= 15 is 0 Å².